The van der Waals surface area contributed by atoms with Crippen LogP contribution >= 0.6 is 0 Å². The molecule has 5 fully saturated rings. The highest BCUT2D eigenvalue weighted by atomic mass is 19.1. The Balaban J connectivity index is 1.07. The SMILES string of the molecule is O=C(CCNC(=O)C12CC3CC(CC(C3)C1)C2)N1CCCN(Cc2ccccc2F)CC1. The predicted octanol–water partition coefficient (Wildman–Crippen LogP) is 3.58. The molecule has 2 amide bonds. The maximum Gasteiger partial charge on any atom is 0.226 e. The third-order valence-corrected chi connectivity index (χ3v) is 8.44. The van der Waals surface area contributed by atoms with Gasteiger partial charge in [0.1, 0.15) is 5.82 Å². The van der Waals surface area contributed by atoms with Gasteiger partial charge in [-0.2, -0.15) is 0 Å². The summed E-state index contributed by atoms with van der Waals surface area (Å²) >= 11 is 0. The molecule has 4 bridgehead atoms. The van der Waals surface area contributed by atoms with E-state index in [9.17, 15) is 14.0 Å². The van der Waals surface area contributed by atoms with Crippen molar-refractivity contribution in [3.8, 4) is 0 Å². The van der Waals surface area contributed by atoms with Crippen LogP contribution in [0.3, 0.4) is 0 Å². The number of benzene rings is 1. The number of amides is 2. The first-order chi connectivity index (χ1) is 15.5. The number of carbonyl (C=O) groups is 2. The lowest BCUT2D eigenvalue weighted by Gasteiger charge is -2.55. The molecule has 4 saturated carbocycles. The van der Waals surface area contributed by atoms with Crippen LogP contribution in [0, 0.1) is 29.0 Å². The summed E-state index contributed by atoms with van der Waals surface area (Å²) in [7, 11) is 0. The fourth-order valence-electron chi connectivity index (χ4n) is 7.26. The molecule has 0 atom stereocenters. The van der Waals surface area contributed by atoms with Crippen LogP contribution in [0.1, 0.15) is 56.9 Å². The van der Waals surface area contributed by atoms with Crippen LogP contribution in [0.25, 0.3) is 0 Å². The van der Waals surface area contributed by atoms with E-state index in [1.165, 1.54) is 25.3 Å². The standard InChI is InChI=1S/C26H36FN3O2/c27-23-5-2-1-4-22(23)18-29-8-3-9-30(11-10-29)24(31)6-7-28-25(32)26-15-19-12-20(16-26)14-21(13-19)17-26/h1-2,4-5,19-21H,3,6-18H2,(H,28,32). The molecule has 0 aromatic heterocycles. The molecule has 0 spiro atoms. The first-order valence-corrected chi connectivity index (χ1v) is 12.5. The molecule has 5 aliphatic rings. The largest absolute Gasteiger partial charge is 0.355 e. The van der Waals surface area contributed by atoms with Crippen LogP contribution in [-0.2, 0) is 16.1 Å². The lowest BCUT2D eigenvalue weighted by Crippen LogP contribution is -2.53. The molecule has 1 saturated heterocycles. The minimum atomic E-state index is -0.167. The summed E-state index contributed by atoms with van der Waals surface area (Å²) in [6, 6.07) is 6.91. The maximum absolute atomic E-state index is 14.0. The van der Waals surface area contributed by atoms with Gasteiger partial charge < -0.3 is 10.2 Å². The van der Waals surface area contributed by atoms with Gasteiger partial charge >= 0.3 is 0 Å². The zero-order valence-corrected chi connectivity index (χ0v) is 19.0. The first kappa shape index (κ1) is 21.9. The Kier molecular flexibility index (Phi) is 6.24. The van der Waals surface area contributed by atoms with E-state index in [0.717, 1.165) is 63.1 Å². The van der Waals surface area contributed by atoms with Crippen molar-refractivity contribution < 1.29 is 14.0 Å². The van der Waals surface area contributed by atoms with Crippen molar-refractivity contribution >= 4 is 11.8 Å². The second-order valence-corrected chi connectivity index (χ2v) is 10.8. The van der Waals surface area contributed by atoms with Crippen LogP contribution in [0.15, 0.2) is 24.3 Å². The number of hydrogen-bond acceptors (Lipinski definition) is 3. The van der Waals surface area contributed by atoms with E-state index in [1.54, 1.807) is 6.07 Å². The summed E-state index contributed by atoms with van der Waals surface area (Å²) < 4.78 is 14.0. The van der Waals surface area contributed by atoms with E-state index in [1.807, 2.05) is 17.0 Å². The number of nitrogens with one attached hydrogen (secondary N) is 1. The Morgan fingerprint density at radius 1 is 0.969 bits per heavy atom. The molecule has 0 unspecified atom stereocenters. The molecule has 1 aromatic carbocycles. The van der Waals surface area contributed by atoms with Gasteiger partial charge in [0.25, 0.3) is 0 Å². The van der Waals surface area contributed by atoms with Crippen LogP contribution in [-0.4, -0.2) is 54.3 Å². The summed E-state index contributed by atoms with van der Waals surface area (Å²) in [5, 5.41) is 3.13. The highest BCUT2D eigenvalue weighted by molar-refractivity contribution is 5.84. The van der Waals surface area contributed by atoms with Gasteiger partial charge in [0, 0.05) is 56.7 Å². The Morgan fingerprint density at radius 3 is 2.34 bits per heavy atom. The smallest absolute Gasteiger partial charge is 0.226 e. The number of halogens is 1. The zero-order chi connectivity index (χ0) is 22.1. The van der Waals surface area contributed by atoms with Gasteiger partial charge in [-0.15, -0.1) is 0 Å². The van der Waals surface area contributed by atoms with Crippen molar-refractivity contribution in [2.75, 3.05) is 32.7 Å². The van der Waals surface area contributed by atoms with Crippen LogP contribution in [0.2, 0.25) is 0 Å². The third kappa shape index (κ3) is 4.57. The quantitative estimate of drug-likeness (QED) is 0.734. The highest BCUT2D eigenvalue weighted by Gasteiger charge is 2.54. The van der Waals surface area contributed by atoms with Gasteiger partial charge in [-0.1, -0.05) is 18.2 Å². The number of carbonyl (C=O) groups excluding carboxylic acids is 2. The van der Waals surface area contributed by atoms with Gasteiger partial charge in [0.05, 0.1) is 0 Å². The topological polar surface area (TPSA) is 52.7 Å². The van der Waals surface area contributed by atoms with Crippen molar-refractivity contribution in [1.82, 2.24) is 15.1 Å². The molecule has 32 heavy (non-hydrogen) atoms. The minimum absolute atomic E-state index is 0.114. The summed E-state index contributed by atoms with van der Waals surface area (Å²) in [4.78, 5) is 30.0. The molecule has 5 nitrogen and oxygen atoms in total. The molecule has 1 heterocycles. The number of hydrogen-bond donors (Lipinski definition) is 1. The second-order valence-electron chi connectivity index (χ2n) is 10.8. The van der Waals surface area contributed by atoms with Gasteiger partial charge in [0.15, 0.2) is 0 Å². The average molecular weight is 442 g/mol. The molecule has 6 rings (SSSR count). The lowest BCUT2D eigenvalue weighted by atomic mass is 9.49. The Labute approximate surface area is 190 Å². The van der Waals surface area contributed by atoms with Crippen molar-refractivity contribution in [3.63, 3.8) is 0 Å². The molecule has 4 aliphatic carbocycles. The fourth-order valence-corrected chi connectivity index (χ4v) is 7.26. The van der Waals surface area contributed by atoms with Gasteiger partial charge in [-0.05, 0) is 68.8 Å². The van der Waals surface area contributed by atoms with Crippen LogP contribution in [0.5, 0.6) is 0 Å². The van der Waals surface area contributed by atoms with E-state index in [2.05, 4.69) is 10.2 Å². The van der Waals surface area contributed by atoms with Crippen LogP contribution < -0.4 is 5.32 Å². The Morgan fingerprint density at radius 2 is 1.66 bits per heavy atom. The van der Waals surface area contributed by atoms with E-state index in [4.69, 9.17) is 0 Å². The summed E-state index contributed by atoms with van der Waals surface area (Å²) in [6.07, 6.45) is 8.41. The van der Waals surface area contributed by atoms with Crippen molar-refractivity contribution in [2.24, 2.45) is 23.2 Å². The van der Waals surface area contributed by atoms with Crippen molar-refractivity contribution in [1.29, 1.82) is 0 Å². The van der Waals surface area contributed by atoms with E-state index in [0.29, 0.717) is 31.6 Å². The minimum Gasteiger partial charge on any atom is -0.355 e. The summed E-state index contributed by atoms with van der Waals surface area (Å²) in [5.74, 6) is 2.40. The average Bonchev–Trinajstić information content (AvgIpc) is 3.00. The molecule has 1 aliphatic heterocycles. The molecule has 1 N–H and O–H groups in total. The van der Waals surface area contributed by atoms with Crippen LogP contribution in [0.4, 0.5) is 4.39 Å². The molecule has 174 valence electrons. The van der Waals surface area contributed by atoms with E-state index in [-0.39, 0.29) is 23.0 Å². The highest BCUT2D eigenvalue weighted by Crippen LogP contribution is 2.60. The van der Waals surface area contributed by atoms with E-state index < -0.39 is 0 Å². The molecular formula is C26H36FN3O2. The zero-order valence-electron chi connectivity index (χ0n) is 19.0. The number of nitrogens with zero attached hydrogens (tertiary/aromatic N) is 2. The maximum atomic E-state index is 14.0. The summed E-state index contributed by atoms with van der Waals surface area (Å²) in [5.41, 5.74) is 0.563. The first-order valence-electron chi connectivity index (χ1n) is 12.5. The third-order valence-electron chi connectivity index (χ3n) is 8.44. The van der Waals surface area contributed by atoms with Gasteiger partial charge in [-0.25, -0.2) is 4.39 Å². The lowest BCUT2D eigenvalue weighted by molar-refractivity contribution is -0.146. The fraction of sp³-hybridized carbons (Fsp3) is 0.692. The second kappa shape index (κ2) is 9.12. The summed E-state index contributed by atoms with van der Waals surface area (Å²) in [6.45, 7) is 4.02. The van der Waals surface area contributed by atoms with Crippen molar-refractivity contribution in [3.05, 3.63) is 35.6 Å². The Hall–Kier alpha value is -1.95. The Bertz CT molecular complexity index is 822. The molecule has 6 heteroatoms. The predicted molar refractivity (Wildman–Crippen MR) is 121 cm³/mol. The normalized spacial score (nSPS) is 32.0. The van der Waals surface area contributed by atoms with Crippen molar-refractivity contribution in [2.45, 2.75) is 57.9 Å². The monoisotopic (exact) mass is 441 g/mol. The molecular weight excluding hydrogens is 405 g/mol. The molecule has 1 aromatic rings. The van der Waals surface area contributed by atoms with Gasteiger partial charge in [-0.3, -0.25) is 14.5 Å². The van der Waals surface area contributed by atoms with Gasteiger partial charge in [0.2, 0.25) is 11.8 Å². The molecule has 0 radical (unpaired) electrons. The van der Waals surface area contributed by atoms with E-state index >= 15 is 0 Å². The number of rotatable bonds is 6.